The van der Waals surface area contributed by atoms with Crippen molar-refractivity contribution in [2.75, 3.05) is 6.54 Å². The van der Waals surface area contributed by atoms with Gasteiger partial charge in [0.1, 0.15) is 0 Å². The fourth-order valence-corrected chi connectivity index (χ4v) is 0.938. The summed E-state index contributed by atoms with van der Waals surface area (Å²) in [6, 6.07) is 0. The molecule has 0 atom stereocenters. The summed E-state index contributed by atoms with van der Waals surface area (Å²) < 4.78 is 0. The maximum atomic E-state index is 11.4. The number of nitrogens with one attached hydrogen (secondary N) is 2. The summed E-state index contributed by atoms with van der Waals surface area (Å²) in [5.74, 6) is -0.0331. The van der Waals surface area contributed by atoms with Crippen LogP contribution in [0.1, 0.15) is 13.3 Å². The molecule has 0 radical (unpaired) electrons. The molecule has 1 amide bonds. The molecule has 2 N–H and O–H groups in total. The summed E-state index contributed by atoms with van der Waals surface area (Å²) in [4.78, 5) is 11.4. The number of carbonyl (C=O) groups excluding carboxylic acids is 1. The maximum absolute atomic E-state index is 11.4. The molecule has 13 heavy (non-hydrogen) atoms. The average molecular weight is 178 g/mol. The predicted octanol–water partition coefficient (Wildman–Crippen LogP) is 1.07. The first-order chi connectivity index (χ1) is 6.34. The molecule has 0 fully saturated rings. The van der Waals surface area contributed by atoms with E-state index in [0.717, 1.165) is 13.0 Å². The van der Waals surface area contributed by atoms with E-state index in [9.17, 15) is 4.79 Å². The van der Waals surface area contributed by atoms with Crippen LogP contribution in [-0.4, -0.2) is 12.5 Å². The van der Waals surface area contributed by atoms with Gasteiger partial charge in [-0.15, -0.1) is 0 Å². The topological polar surface area (TPSA) is 41.1 Å². The van der Waals surface area contributed by atoms with Crippen molar-refractivity contribution >= 4 is 5.91 Å². The van der Waals surface area contributed by atoms with E-state index in [0.29, 0.717) is 5.57 Å². The van der Waals surface area contributed by atoms with Crippen LogP contribution in [0.25, 0.3) is 0 Å². The van der Waals surface area contributed by atoms with Crippen LogP contribution in [0.15, 0.2) is 36.2 Å². The second-order valence-corrected chi connectivity index (χ2v) is 2.74. The average Bonchev–Trinajstić information content (AvgIpc) is 2.42. The minimum absolute atomic E-state index is 0.0331. The Bertz CT molecular complexity index is 264. The van der Waals surface area contributed by atoms with E-state index in [-0.39, 0.29) is 5.91 Å². The normalized spacial score (nSPS) is 14.4. The molecule has 1 aliphatic rings. The minimum Gasteiger partial charge on any atom is -0.367 e. The number of carbonyl (C=O) groups is 1. The summed E-state index contributed by atoms with van der Waals surface area (Å²) in [5.41, 5.74) is 0.651. The molecule has 1 heterocycles. The first-order valence-corrected chi connectivity index (χ1v) is 4.42. The standard InChI is InChI=1S/C10H14N2O/c1-2-6-12-10(13)9-5-3-4-7-11-8-9/h3-5,7-8,11H,2,6H2,1H3,(H,12,13). The van der Waals surface area contributed by atoms with E-state index in [1.165, 1.54) is 0 Å². The Labute approximate surface area is 78.2 Å². The number of allylic oxidation sites excluding steroid dienone is 2. The van der Waals surface area contributed by atoms with Crippen molar-refractivity contribution in [3.63, 3.8) is 0 Å². The van der Waals surface area contributed by atoms with Gasteiger partial charge < -0.3 is 10.6 Å². The number of amides is 1. The molecule has 0 bridgehead atoms. The smallest absolute Gasteiger partial charge is 0.252 e. The highest BCUT2D eigenvalue weighted by molar-refractivity contribution is 5.96. The van der Waals surface area contributed by atoms with E-state index in [2.05, 4.69) is 10.6 Å². The lowest BCUT2D eigenvalue weighted by Gasteiger charge is -2.02. The highest BCUT2D eigenvalue weighted by atomic mass is 16.1. The fraction of sp³-hybridized carbons (Fsp3) is 0.300. The van der Waals surface area contributed by atoms with Crippen LogP contribution in [0, 0.1) is 0 Å². The van der Waals surface area contributed by atoms with Crippen molar-refractivity contribution in [3.05, 3.63) is 36.2 Å². The summed E-state index contributed by atoms with van der Waals surface area (Å²) >= 11 is 0. The second-order valence-electron chi connectivity index (χ2n) is 2.74. The Kier molecular flexibility index (Phi) is 3.82. The van der Waals surface area contributed by atoms with Gasteiger partial charge in [-0.1, -0.05) is 13.0 Å². The Morgan fingerprint density at radius 2 is 2.38 bits per heavy atom. The number of rotatable bonds is 3. The van der Waals surface area contributed by atoms with Crippen LogP contribution in [0.2, 0.25) is 0 Å². The molecule has 0 aromatic heterocycles. The molecule has 0 saturated carbocycles. The lowest BCUT2D eigenvalue weighted by Crippen LogP contribution is -2.25. The molecule has 70 valence electrons. The zero-order valence-corrected chi connectivity index (χ0v) is 7.71. The Morgan fingerprint density at radius 3 is 3.15 bits per heavy atom. The van der Waals surface area contributed by atoms with Crippen molar-refractivity contribution in [2.24, 2.45) is 0 Å². The molecule has 3 heteroatoms. The SMILES string of the molecule is CCCNC(=O)C1=CNC=CC=C1. The van der Waals surface area contributed by atoms with Crippen molar-refractivity contribution in [1.29, 1.82) is 0 Å². The van der Waals surface area contributed by atoms with Crippen molar-refractivity contribution < 1.29 is 4.79 Å². The van der Waals surface area contributed by atoms with Gasteiger partial charge in [0.2, 0.25) is 0 Å². The molecule has 1 rings (SSSR count). The van der Waals surface area contributed by atoms with E-state index in [4.69, 9.17) is 0 Å². The Hall–Kier alpha value is -1.51. The lowest BCUT2D eigenvalue weighted by atomic mass is 10.2. The largest absolute Gasteiger partial charge is 0.367 e. The Morgan fingerprint density at radius 1 is 1.54 bits per heavy atom. The van der Waals surface area contributed by atoms with E-state index >= 15 is 0 Å². The summed E-state index contributed by atoms with van der Waals surface area (Å²) in [5, 5.41) is 5.69. The lowest BCUT2D eigenvalue weighted by molar-refractivity contribution is -0.117. The van der Waals surface area contributed by atoms with Gasteiger partial charge in [-0.2, -0.15) is 0 Å². The van der Waals surface area contributed by atoms with Crippen LogP contribution < -0.4 is 10.6 Å². The van der Waals surface area contributed by atoms with Crippen LogP contribution >= 0.6 is 0 Å². The highest BCUT2D eigenvalue weighted by Gasteiger charge is 2.04. The first-order valence-electron chi connectivity index (χ1n) is 4.42. The van der Waals surface area contributed by atoms with Gasteiger partial charge in [-0.25, -0.2) is 0 Å². The second kappa shape index (κ2) is 5.19. The van der Waals surface area contributed by atoms with Crippen LogP contribution in [0.4, 0.5) is 0 Å². The molecule has 3 nitrogen and oxygen atoms in total. The predicted molar refractivity (Wildman–Crippen MR) is 52.8 cm³/mol. The van der Waals surface area contributed by atoms with Gasteiger partial charge in [0.25, 0.3) is 5.91 Å². The monoisotopic (exact) mass is 178 g/mol. The minimum atomic E-state index is -0.0331. The van der Waals surface area contributed by atoms with Crippen molar-refractivity contribution in [1.82, 2.24) is 10.6 Å². The van der Waals surface area contributed by atoms with Crippen LogP contribution in [-0.2, 0) is 4.79 Å². The van der Waals surface area contributed by atoms with Gasteiger partial charge in [-0.3, -0.25) is 4.79 Å². The molecule has 1 aliphatic heterocycles. The zero-order chi connectivity index (χ0) is 9.52. The molecule has 0 unspecified atom stereocenters. The molecule has 0 aliphatic carbocycles. The van der Waals surface area contributed by atoms with E-state index in [1.807, 2.05) is 19.1 Å². The number of hydrogen-bond acceptors (Lipinski definition) is 2. The number of hydrogen-bond donors (Lipinski definition) is 2. The van der Waals surface area contributed by atoms with Gasteiger partial charge >= 0.3 is 0 Å². The van der Waals surface area contributed by atoms with Gasteiger partial charge in [0, 0.05) is 18.9 Å². The zero-order valence-electron chi connectivity index (χ0n) is 7.71. The van der Waals surface area contributed by atoms with Gasteiger partial charge in [-0.05, 0) is 18.6 Å². The van der Waals surface area contributed by atoms with E-state index in [1.54, 1.807) is 18.5 Å². The third-order valence-corrected chi connectivity index (χ3v) is 1.62. The molecule has 0 spiro atoms. The Balaban J connectivity index is 2.51. The quantitative estimate of drug-likeness (QED) is 0.678. The fourth-order valence-electron chi connectivity index (χ4n) is 0.938. The molecular formula is C10H14N2O. The molecule has 0 aromatic rings. The summed E-state index contributed by atoms with van der Waals surface area (Å²) in [6.45, 7) is 2.74. The summed E-state index contributed by atoms with van der Waals surface area (Å²) in [7, 11) is 0. The molecule has 0 saturated heterocycles. The summed E-state index contributed by atoms with van der Waals surface area (Å²) in [6.07, 6.45) is 9.87. The van der Waals surface area contributed by atoms with Gasteiger partial charge in [0.15, 0.2) is 0 Å². The highest BCUT2D eigenvalue weighted by Crippen LogP contribution is 1.98. The van der Waals surface area contributed by atoms with Crippen molar-refractivity contribution in [3.8, 4) is 0 Å². The van der Waals surface area contributed by atoms with Crippen molar-refractivity contribution in [2.45, 2.75) is 13.3 Å². The van der Waals surface area contributed by atoms with Gasteiger partial charge in [0.05, 0.1) is 5.57 Å². The molecule has 0 aromatic carbocycles. The van der Waals surface area contributed by atoms with Crippen LogP contribution in [0.3, 0.4) is 0 Å². The first kappa shape index (κ1) is 9.58. The molecular weight excluding hydrogens is 164 g/mol. The third kappa shape index (κ3) is 3.15. The third-order valence-electron chi connectivity index (χ3n) is 1.62. The van der Waals surface area contributed by atoms with E-state index < -0.39 is 0 Å². The van der Waals surface area contributed by atoms with Crippen LogP contribution in [0.5, 0.6) is 0 Å². The maximum Gasteiger partial charge on any atom is 0.252 e.